The molecule has 0 spiro atoms. The van der Waals surface area contributed by atoms with Crippen molar-refractivity contribution in [2.24, 2.45) is 5.92 Å². The van der Waals surface area contributed by atoms with Gasteiger partial charge < -0.3 is 10.4 Å². The van der Waals surface area contributed by atoms with E-state index in [1.165, 1.54) is 0 Å². The molecule has 7 heteroatoms. The zero-order valence-corrected chi connectivity index (χ0v) is 10.7. The standard InChI is InChI=1S/C12H11N3O3S/c16-11(13-8-3-7(4-8)12(17)18)6-1-2-9-10(5-6)15-19-14-9/h1-2,5,7-8H,3-4H2,(H,13,16)(H,17,18). The number of carbonyl (C=O) groups is 2. The van der Waals surface area contributed by atoms with Crippen LogP contribution in [0.25, 0.3) is 11.0 Å². The van der Waals surface area contributed by atoms with Gasteiger partial charge in [-0.25, -0.2) is 0 Å². The van der Waals surface area contributed by atoms with Crippen LogP contribution in [0.1, 0.15) is 23.2 Å². The van der Waals surface area contributed by atoms with Gasteiger partial charge in [-0.1, -0.05) is 0 Å². The minimum atomic E-state index is -0.791. The van der Waals surface area contributed by atoms with Crippen molar-refractivity contribution in [3.05, 3.63) is 23.8 Å². The Labute approximate surface area is 112 Å². The van der Waals surface area contributed by atoms with Gasteiger partial charge in [0.05, 0.1) is 17.6 Å². The summed E-state index contributed by atoms with van der Waals surface area (Å²) in [6, 6.07) is 5.11. The molecule has 1 saturated carbocycles. The van der Waals surface area contributed by atoms with Crippen LogP contribution in [-0.4, -0.2) is 31.8 Å². The molecule has 0 radical (unpaired) electrons. The van der Waals surface area contributed by atoms with Crippen LogP contribution >= 0.6 is 11.7 Å². The number of rotatable bonds is 3. The van der Waals surface area contributed by atoms with Crippen LogP contribution in [0.4, 0.5) is 0 Å². The second-order valence-corrected chi connectivity index (χ2v) is 5.17. The third-order valence-electron chi connectivity index (χ3n) is 3.34. The molecule has 0 atom stereocenters. The molecule has 2 aromatic rings. The van der Waals surface area contributed by atoms with Gasteiger partial charge in [0.15, 0.2) is 0 Å². The number of hydrogen-bond donors (Lipinski definition) is 2. The first-order chi connectivity index (χ1) is 9.13. The van der Waals surface area contributed by atoms with E-state index in [-0.39, 0.29) is 17.9 Å². The summed E-state index contributed by atoms with van der Waals surface area (Å²) in [5.74, 6) is -1.31. The van der Waals surface area contributed by atoms with E-state index in [0.717, 1.165) is 17.2 Å². The molecule has 1 aromatic carbocycles. The Balaban J connectivity index is 1.66. The van der Waals surface area contributed by atoms with Gasteiger partial charge in [-0.15, -0.1) is 0 Å². The molecule has 0 bridgehead atoms. The van der Waals surface area contributed by atoms with Crippen molar-refractivity contribution in [3.63, 3.8) is 0 Å². The van der Waals surface area contributed by atoms with Gasteiger partial charge in [0, 0.05) is 11.6 Å². The van der Waals surface area contributed by atoms with E-state index in [2.05, 4.69) is 14.1 Å². The summed E-state index contributed by atoms with van der Waals surface area (Å²) in [5.41, 5.74) is 2.00. The first kappa shape index (κ1) is 12.0. The molecule has 1 fully saturated rings. The maximum atomic E-state index is 12.0. The summed E-state index contributed by atoms with van der Waals surface area (Å²) >= 11 is 1.11. The molecule has 0 saturated heterocycles. The molecule has 98 valence electrons. The highest BCUT2D eigenvalue weighted by molar-refractivity contribution is 7.00. The quantitative estimate of drug-likeness (QED) is 0.881. The Morgan fingerprint density at radius 2 is 2.00 bits per heavy atom. The molecule has 2 N–H and O–H groups in total. The Morgan fingerprint density at radius 3 is 2.74 bits per heavy atom. The van der Waals surface area contributed by atoms with Crippen molar-refractivity contribution in [1.29, 1.82) is 0 Å². The normalized spacial score (nSPS) is 21.9. The lowest BCUT2D eigenvalue weighted by atomic mass is 9.80. The lowest BCUT2D eigenvalue weighted by Gasteiger charge is -2.32. The number of nitrogens with one attached hydrogen (secondary N) is 1. The van der Waals surface area contributed by atoms with Crippen LogP contribution < -0.4 is 5.32 Å². The second-order valence-electron chi connectivity index (χ2n) is 4.64. The zero-order valence-electron chi connectivity index (χ0n) is 9.87. The van der Waals surface area contributed by atoms with E-state index >= 15 is 0 Å². The fraction of sp³-hybridized carbons (Fsp3) is 0.333. The Hall–Kier alpha value is -2.02. The van der Waals surface area contributed by atoms with Crippen LogP contribution in [-0.2, 0) is 4.79 Å². The molecule has 0 unspecified atom stereocenters. The molecule has 1 aliphatic carbocycles. The number of nitrogens with zero attached hydrogens (tertiary/aromatic N) is 2. The fourth-order valence-electron chi connectivity index (χ4n) is 2.13. The Morgan fingerprint density at radius 1 is 1.26 bits per heavy atom. The Kier molecular flexibility index (Phi) is 2.90. The topological polar surface area (TPSA) is 92.2 Å². The number of carboxylic acid groups (broad SMARTS) is 1. The number of aromatic nitrogens is 2. The van der Waals surface area contributed by atoms with Gasteiger partial charge in [0.2, 0.25) is 0 Å². The first-order valence-electron chi connectivity index (χ1n) is 5.89. The van der Waals surface area contributed by atoms with Crippen molar-refractivity contribution >= 4 is 34.6 Å². The van der Waals surface area contributed by atoms with E-state index in [4.69, 9.17) is 5.11 Å². The van der Waals surface area contributed by atoms with E-state index < -0.39 is 5.97 Å². The van der Waals surface area contributed by atoms with E-state index in [1.807, 2.05) is 0 Å². The molecular weight excluding hydrogens is 266 g/mol. The van der Waals surface area contributed by atoms with Gasteiger partial charge in [0.1, 0.15) is 11.0 Å². The Bertz CT molecular complexity index is 648. The average Bonchev–Trinajstić information content (AvgIpc) is 2.79. The molecule has 1 aromatic heterocycles. The number of amides is 1. The summed E-state index contributed by atoms with van der Waals surface area (Å²) in [6.45, 7) is 0. The average molecular weight is 277 g/mol. The smallest absolute Gasteiger partial charge is 0.306 e. The molecule has 6 nitrogen and oxygen atoms in total. The minimum absolute atomic E-state index is 0.0437. The number of carbonyl (C=O) groups excluding carboxylic acids is 1. The molecule has 3 rings (SSSR count). The number of benzene rings is 1. The van der Waals surface area contributed by atoms with Crippen molar-refractivity contribution in [3.8, 4) is 0 Å². The highest BCUT2D eigenvalue weighted by Crippen LogP contribution is 2.27. The minimum Gasteiger partial charge on any atom is -0.481 e. The van der Waals surface area contributed by atoms with Gasteiger partial charge in [-0.2, -0.15) is 8.75 Å². The van der Waals surface area contributed by atoms with Crippen molar-refractivity contribution in [2.75, 3.05) is 0 Å². The third-order valence-corrected chi connectivity index (χ3v) is 3.90. The van der Waals surface area contributed by atoms with E-state index in [1.54, 1.807) is 18.2 Å². The molecular formula is C12H11N3O3S. The van der Waals surface area contributed by atoms with E-state index in [0.29, 0.717) is 23.9 Å². The van der Waals surface area contributed by atoms with Gasteiger partial charge in [-0.05, 0) is 31.0 Å². The summed E-state index contributed by atoms with van der Waals surface area (Å²) in [4.78, 5) is 22.7. The number of carboxylic acids is 1. The largest absolute Gasteiger partial charge is 0.481 e. The molecule has 1 amide bonds. The monoisotopic (exact) mass is 277 g/mol. The fourth-order valence-corrected chi connectivity index (χ4v) is 2.65. The lowest BCUT2D eigenvalue weighted by Crippen LogP contribution is -2.46. The SMILES string of the molecule is O=C(NC1CC(C(=O)O)C1)c1ccc2nsnc2c1. The lowest BCUT2D eigenvalue weighted by molar-refractivity contribution is -0.145. The molecule has 1 heterocycles. The second kappa shape index (κ2) is 4.58. The van der Waals surface area contributed by atoms with Crippen LogP contribution in [0.5, 0.6) is 0 Å². The summed E-state index contributed by atoms with van der Waals surface area (Å²) in [5, 5.41) is 11.6. The zero-order chi connectivity index (χ0) is 13.4. The van der Waals surface area contributed by atoms with Crippen LogP contribution in [0.15, 0.2) is 18.2 Å². The van der Waals surface area contributed by atoms with Crippen molar-refractivity contribution < 1.29 is 14.7 Å². The summed E-state index contributed by atoms with van der Waals surface area (Å²) in [7, 11) is 0. The summed E-state index contributed by atoms with van der Waals surface area (Å²) < 4.78 is 8.15. The highest BCUT2D eigenvalue weighted by Gasteiger charge is 2.35. The van der Waals surface area contributed by atoms with E-state index in [9.17, 15) is 9.59 Å². The highest BCUT2D eigenvalue weighted by atomic mass is 32.1. The maximum absolute atomic E-state index is 12.0. The van der Waals surface area contributed by atoms with Crippen LogP contribution in [0.2, 0.25) is 0 Å². The first-order valence-corrected chi connectivity index (χ1v) is 6.62. The molecule has 0 aliphatic heterocycles. The summed E-state index contributed by atoms with van der Waals surface area (Å²) in [6.07, 6.45) is 1.00. The predicted octanol–water partition coefficient (Wildman–Crippen LogP) is 1.28. The van der Waals surface area contributed by atoms with Crippen molar-refractivity contribution in [2.45, 2.75) is 18.9 Å². The van der Waals surface area contributed by atoms with Crippen molar-refractivity contribution in [1.82, 2.24) is 14.1 Å². The van der Waals surface area contributed by atoms with Gasteiger partial charge in [-0.3, -0.25) is 9.59 Å². The van der Waals surface area contributed by atoms with Crippen LogP contribution in [0.3, 0.4) is 0 Å². The van der Waals surface area contributed by atoms with Crippen LogP contribution in [0, 0.1) is 5.92 Å². The van der Waals surface area contributed by atoms with Gasteiger partial charge in [0.25, 0.3) is 5.91 Å². The predicted molar refractivity (Wildman–Crippen MR) is 69.0 cm³/mol. The number of fused-ring (bicyclic) bond motifs is 1. The maximum Gasteiger partial charge on any atom is 0.306 e. The molecule has 19 heavy (non-hydrogen) atoms. The van der Waals surface area contributed by atoms with Gasteiger partial charge >= 0.3 is 5.97 Å². The number of aliphatic carboxylic acids is 1. The molecule has 1 aliphatic rings. The number of hydrogen-bond acceptors (Lipinski definition) is 5. The third kappa shape index (κ3) is 2.28.